The standard InChI is InChI=1S/C36H49FN5O7P/c1-5-24-18-36(24,33(46)40-50(48)15-8-9-16-50)39-31(44)28-17-25(49-34(47)41-19-23-13-10-14-27(37)26(23)21-41)20-42(28)32(45)29(35(2,3)4)38-30(43)22-11-6-7-12-22/h5,10,13-14,22,24-25,28-29H,1,6-9,11-12,15-21H2,2-4H3,(H,38,43)(H,39,44)(H,40,46,48)/t24?,25?,28-,29+,36+/m0/s1. The zero-order chi connectivity index (χ0) is 36.0. The van der Waals surface area contributed by atoms with Gasteiger partial charge in [-0.05, 0) is 49.1 Å². The highest BCUT2D eigenvalue weighted by molar-refractivity contribution is 7.62. The van der Waals surface area contributed by atoms with Crippen molar-refractivity contribution in [3.63, 3.8) is 0 Å². The van der Waals surface area contributed by atoms with Crippen LogP contribution in [0.3, 0.4) is 0 Å². The lowest BCUT2D eigenvalue weighted by molar-refractivity contribution is -0.145. The molecule has 5 atom stereocenters. The molecule has 3 N–H and O–H groups in total. The van der Waals surface area contributed by atoms with E-state index in [1.165, 1.54) is 15.9 Å². The third-order valence-corrected chi connectivity index (χ3v) is 13.8. The highest BCUT2D eigenvalue weighted by Crippen LogP contribution is 2.52. The molecule has 0 aromatic heterocycles. The van der Waals surface area contributed by atoms with Crippen LogP contribution in [-0.2, 0) is 41.6 Å². The SMILES string of the molecule is C=CC1C[C@]1(NC(=O)[C@@H]1CC(OC(=O)N2Cc3cccc(F)c3C2)CN1C(=O)[C@@H](NC(=O)C1CCCC1)C(C)(C)C)C(=O)NP1(=O)CCCC1. The van der Waals surface area contributed by atoms with Crippen LogP contribution in [0.4, 0.5) is 9.18 Å². The minimum atomic E-state index is -2.91. The Kier molecular flexibility index (Phi) is 9.93. The third kappa shape index (κ3) is 7.20. The van der Waals surface area contributed by atoms with Gasteiger partial charge in [0.15, 0.2) is 7.29 Å². The van der Waals surface area contributed by atoms with Crippen LogP contribution >= 0.6 is 7.29 Å². The summed E-state index contributed by atoms with van der Waals surface area (Å²) in [5, 5.41) is 8.59. The molecule has 4 fully saturated rings. The van der Waals surface area contributed by atoms with Crippen LogP contribution in [0.1, 0.15) is 83.3 Å². The maximum absolute atomic E-state index is 14.4. The van der Waals surface area contributed by atoms with E-state index in [2.05, 4.69) is 22.3 Å². The lowest BCUT2D eigenvalue weighted by Crippen LogP contribution is -2.60. The summed E-state index contributed by atoms with van der Waals surface area (Å²) in [5.41, 5.74) is -1.00. The van der Waals surface area contributed by atoms with Crippen LogP contribution in [0.25, 0.3) is 0 Å². The van der Waals surface area contributed by atoms with Crippen molar-refractivity contribution in [2.75, 3.05) is 18.9 Å². The van der Waals surface area contributed by atoms with Gasteiger partial charge in [-0.3, -0.25) is 24.1 Å². The number of fused-ring (bicyclic) bond motifs is 1. The van der Waals surface area contributed by atoms with E-state index in [4.69, 9.17) is 4.74 Å². The molecule has 6 rings (SSSR count). The van der Waals surface area contributed by atoms with E-state index in [9.17, 15) is 32.9 Å². The van der Waals surface area contributed by atoms with Crippen LogP contribution < -0.4 is 15.7 Å². The van der Waals surface area contributed by atoms with Gasteiger partial charge >= 0.3 is 6.09 Å². The predicted molar refractivity (Wildman–Crippen MR) is 183 cm³/mol. The third-order valence-electron chi connectivity index (χ3n) is 11.1. The molecule has 5 aliphatic rings. The number of rotatable bonds is 9. The molecule has 2 saturated heterocycles. The van der Waals surface area contributed by atoms with Crippen LogP contribution in [-0.4, -0.2) is 82.1 Å². The van der Waals surface area contributed by atoms with Crippen molar-refractivity contribution in [2.24, 2.45) is 17.3 Å². The Morgan fingerprint density at radius 2 is 1.76 bits per heavy atom. The number of benzene rings is 1. The highest BCUT2D eigenvalue weighted by Gasteiger charge is 2.62. The fourth-order valence-corrected chi connectivity index (χ4v) is 10.4. The summed E-state index contributed by atoms with van der Waals surface area (Å²) in [7, 11) is -2.91. The molecule has 2 unspecified atom stereocenters. The van der Waals surface area contributed by atoms with Crippen molar-refractivity contribution in [1.82, 2.24) is 25.5 Å². The molecule has 1 aromatic carbocycles. The Hall–Kier alpha value is -3.73. The monoisotopic (exact) mass is 713 g/mol. The normalized spacial score (nSPS) is 27.7. The van der Waals surface area contributed by atoms with Gasteiger partial charge in [0.05, 0.1) is 13.1 Å². The molecule has 3 aliphatic heterocycles. The van der Waals surface area contributed by atoms with E-state index in [1.807, 2.05) is 20.8 Å². The van der Waals surface area contributed by atoms with Crippen LogP contribution in [0, 0.1) is 23.1 Å². The number of nitrogens with one attached hydrogen (secondary N) is 3. The molecular formula is C36H49FN5O7P. The quantitative estimate of drug-likeness (QED) is 0.256. The van der Waals surface area contributed by atoms with Crippen molar-refractivity contribution < 1.29 is 37.7 Å². The number of nitrogens with zero attached hydrogens (tertiary/aromatic N) is 2. The Labute approximate surface area is 292 Å². The molecule has 14 heteroatoms. The van der Waals surface area contributed by atoms with Gasteiger partial charge in [-0.2, -0.15) is 0 Å². The van der Waals surface area contributed by atoms with Gasteiger partial charge in [-0.1, -0.05) is 51.8 Å². The zero-order valence-corrected chi connectivity index (χ0v) is 30.1. The Morgan fingerprint density at radius 1 is 1.06 bits per heavy atom. The fraction of sp³-hybridized carbons (Fsp3) is 0.639. The topological polar surface area (TPSA) is 154 Å². The van der Waals surface area contributed by atoms with Gasteiger partial charge in [0.2, 0.25) is 17.7 Å². The number of likely N-dealkylation sites (tertiary alicyclic amines) is 1. The Bertz CT molecular complexity index is 1610. The van der Waals surface area contributed by atoms with E-state index in [0.717, 1.165) is 38.5 Å². The second kappa shape index (κ2) is 13.8. The first-order valence-electron chi connectivity index (χ1n) is 17.8. The molecule has 1 aromatic rings. The summed E-state index contributed by atoms with van der Waals surface area (Å²) in [4.78, 5) is 71.6. The Balaban J connectivity index is 1.22. The van der Waals surface area contributed by atoms with E-state index in [0.29, 0.717) is 23.5 Å². The number of carbonyl (C=O) groups excluding carboxylic acids is 5. The van der Waals surface area contributed by atoms with Gasteiger partial charge in [0.25, 0.3) is 5.91 Å². The van der Waals surface area contributed by atoms with E-state index < -0.39 is 72.0 Å². The maximum Gasteiger partial charge on any atom is 0.410 e. The van der Waals surface area contributed by atoms with Crippen LogP contribution in [0.2, 0.25) is 0 Å². The summed E-state index contributed by atoms with van der Waals surface area (Å²) < 4.78 is 33.5. The number of hydrogen-bond acceptors (Lipinski definition) is 7. The fourth-order valence-electron chi connectivity index (χ4n) is 7.94. The highest BCUT2D eigenvalue weighted by atomic mass is 31.2. The van der Waals surface area contributed by atoms with Gasteiger partial charge in [-0.15, -0.1) is 6.58 Å². The van der Waals surface area contributed by atoms with E-state index >= 15 is 0 Å². The summed E-state index contributed by atoms with van der Waals surface area (Å²) in [6, 6.07) is 2.55. The molecule has 2 saturated carbocycles. The largest absolute Gasteiger partial charge is 0.444 e. The van der Waals surface area contributed by atoms with Crippen molar-refractivity contribution in [2.45, 2.75) is 109 Å². The first-order chi connectivity index (χ1) is 23.6. The van der Waals surface area contributed by atoms with Crippen molar-refractivity contribution in [3.05, 3.63) is 47.8 Å². The van der Waals surface area contributed by atoms with Crippen molar-refractivity contribution in [3.8, 4) is 0 Å². The number of carbonyl (C=O) groups is 5. The van der Waals surface area contributed by atoms with Crippen LogP contribution in [0.15, 0.2) is 30.9 Å². The smallest absolute Gasteiger partial charge is 0.410 e. The molecular weight excluding hydrogens is 664 g/mol. The summed E-state index contributed by atoms with van der Waals surface area (Å²) in [6.07, 6.45) is 5.91. The van der Waals surface area contributed by atoms with Crippen molar-refractivity contribution >= 4 is 37.0 Å². The lowest BCUT2D eigenvalue weighted by Gasteiger charge is -2.36. The molecule has 2 aliphatic carbocycles. The second-order valence-corrected chi connectivity index (χ2v) is 18.7. The van der Waals surface area contributed by atoms with E-state index in [1.54, 1.807) is 18.2 Å². The first kappa shape index (κ1) is 36.1. The minimum Gasteiger partial charge on any atom is -0.444 e. The maximum atomic E-state index is 14.4. The average Bonchev–Trinajstić information content (AvgIpc) is 3.65. The van der Waals surface area contributed by atoms with Gasteiger partial charge in [0.1, 0.15) is 29.5 Å². The molecule has 0 radical (unpaired) electrons. The average molecular weight is 714 g/mol. The molecule has 272 valence electrons. The van der Waals surface area contributed by atoms with Crippen LogP contribution in [0.5, 0.6) is 0 Å². The lowest BCUT2D eigenvalue weighted by atomic mass is 9.85. The van der Waals surface area contributed by atoms with Gasteiger partial charge in [0, 0.05) is 42.7 Å². The summed E-state index contributed by atoms with van der Waals surface area (Å²) >= 11 is 0. The molecule has 50 heavy (non-hydrogen) atoms. The van der Waals surface area contributed by atoms with E-state index in [-0.39, 0.29) is 44.3 Å². The first-order valence-corrected chi connectivity index (χ1v) is 19.9. The number of hydrogen-bond donors (Lipinski definition) is 3. The second-order valence-electron chi connectivity index (χ2n) is 15.8. The minimum absolute atomic E-state index is 0.0316. The molecule has 12 nitrogen and oxygen atoms in total. The van der Waals surface area contributed by atoms with Gasteiger partial charge in [-0.25, -0.2) is 9.18 Å². The Morgan fingerprint density at radius 3 is 2.38 bits per heavy atom. The summed E-state index contributed by atoms with van der Waals surface area (Å²) in [5.74, 6) is -2.85. The number of halogens is 1. The zero-order valence-electron chi connectivity index (χ0n) is 29.2. The number of ether oxygens (including phenoxy) is 1. The molecule has 3 heterocycles. The molecule has 0 bridgehead atoms. The van der Waals surface area contributed by atoms with Gasteiger partial charge < -0.3 is 29.9 Å². The van der Waals surface area contributed by atoms with Crippen molar-refractivity contribution in [1.29, 1.82) is 0 Å². The summed E-state index contributed by atoms with van der Waals surface area (Å²) in [6.45, 7) is 9.39. The predicted octanol–water partition coefficient (Wildman–Crippen LogP) is 4.22. The number of amides is 5. The molecule has 5 amide bonds. The molecule has 0 spiro atoms.